The molecule has 2 aromatic carbocycles. The summed E-state index contributed by atoms with van der Waals surface area (Å²) in [6.07, 6.45) is 1.37. The van der Waals surface area contributed by atoms with Gasteiger partial charge in [-0.1, -0.05) is 0 Å². The van der Waals surface area contributed by atoms with Crippen LogP contribution < -0.4 is 5.43 Å². The predicted octanol–water partition coefficient (Wildman–Crippen LogP) is 1.58. The van der Waals surface area contributed by atoms with Crippen molar-refractivity contribution in [1.82, 2.24) is 5.43 Å². The Hall–Kier alpha value is -2.50. The zero-order valence-corrected chi connectivity index (χ0v) is 12.5. The van der Waals surface area contributed by atoms with E-state index in [-0.39, 0.29) is 0 Å². The maximum atomic E-state index is 9.36. The quantitative estimate of drug-likeness (QED) is 0.222. The number of hydrazone groups is 1. The van der Waals surface area contributed by atoms with Crippen LogP contribution in [0.5, 0.6) is 17.2 Å². The van der Waals surface area contributed by atoms with E-state index in [4.69, 9.17) is 0 Å². The molecule has 0 aliphatic carbocycles. The van der Waals surface area contributed by atoms with E-state index >= 15 is 0 Å². The minimum atomic E-state index is -0.560. The van der Waals surface area contributed by atoms with Gasteiger partial charge in [0.2, 0.25) is 0 Å². The van der Waals surface area contributed by atoms with Crippen molar-refractivity contribution in [2.75, 3.05) is 0 Å². The second kappa shape index (κ2) is 6.78. The second-order valence-electron chi connectivity index (χ2n) is 4.03. The van der Waals surface area contributed by atoms with Crippen molar-refractivity contribution in [3.05, 3.63) is 48.0 Å². The van der Waals surface area contributed by atoms with Crippen LogP contribution in [-0.4, -0.2) is 42.3 Å². The number of phenols is 3. The topological polar surface area (TPSA) is 97.4 Å². The number of para-hydroxylation sites is 1. The average Bonchev–Trinajstić information content (AvgIpc) is 2.45. The van der Waals surface area contributed by atoms with Crippen LogP contribution in [0.2, 0.25) is 0 Å². The van der Waals surface area contributed by atoms with Crippen molar-refractivity contribution >= 4 is 32.6 Å². The molecule has 7 heteroatoms. The van der Waals surface area contributed by atoms with E-state index in [0.29, 0.717) is 10.3 Å². The number of nitrogens with one attached hydrogen (secondary N) is 1. The van der Waals surface area contributed by atoms with Crippen molar-refractivity contribution in [2.24, 2.45) is 10.1 Å². The zero-order valence-electron chi connectivity index (χ0n) is 10.8. The molecule has 6 nitrogen and oxygen atoms in total. The number of amidine groups is 1. The summed E-state index contributed by atoms with van der Waals surface area (Å²) in [5.41, 5.74) is 3.86. The normalized spacial score (nSPS) is 11.7. The number of aromatic hydroxyl groups is 3. The van der Waals surface area contributed by atoms with Gasteiger partial charge in [-0.2, -0.15) is 0 Å². The number of aliphatic imine (C=N–C) groups is 1. The van der Waals surface area contributed by atoms with Gasteiger partial charge in [-0.05, 0) is 0 Å². The van der Waals surface area contributed by atoms with Crippen LogP contribution in [0, 0.1) is 0 Å². The maximum absolute atomic E-state index is 9.36. The molecule has 0 heterocycles. The van der Waals surface area contributed by atoms with E-state index in [9.17, 15) is 15.3 Å². The number of hydrogen-bond donors (Lipinski definition) is 4. The standard InChI is InChI=1S/C14H12N3O3Se/c18-11-6-9(7-12(19)13(11)20)8-15-17-14(21)16-10-4-2-1-3-5-10/h1-8,18-20H,(H,16,17)/b15-8+. The number of nitrogens with zero attached hydrogens (tertiary/aromatic N) is 2. The van der Waals surface area contributed by atoms with Gasteiger partial charge >= 0.3 is 129 Å². The molecule has 4 N–H and O–H groups in total. The van der Waals surface area contributed by atoms with Crippen LogP contribution >= 0.6 is 0 Å². The van der Waals surface area contributed by atoms with Gasteiger partial charge in [0.1, 0.15) is 0 Å². The zero-order chi connectivity index (χ0) is 15.2. The monoisotopic (exact) mass is 350 g/mol. The molecule has 2 aromatic rings. The van der Waals surface area contributed by atoms with E-state index in [1.165, 1.54) is 18.3 Å². The number of benzene rings is 2. The van der Waals surface area contributed by atoms with Crippen LogP contribution in [0.4, 0.5) is 5.69 Å². The Morgan fingerprint density at radius 1 is 1.05 bits per heavy atom. The molecule has 21 heavy (non-hydrogen) atoms. The van der Waals surface area contributed by atoms with Gasteiger partial charge in [0.05, 0.1) is 0 Å². The summed E-state index contributed by atoms with van der Waals surface area (Å²) in [7, 11) is 0. The third-order valence-corrected chi connectivity index (χ3v) is 2.84. The fourth-order valence-corrected chi connectivity index (χ4v) is 1.84. The first-order valence-electron chi connectivity index (χ1n) is 5.91. The summed E-state index contributed by atoms with van der Waals surface area (Å²) >= 11 is 2.73. The Morgan fingerprint density at radius 2 is 1.67 bits per heavy atom. The summed E-state index contributed by atoms with van der Waals surface area (Å²) < 4.78 is 0.463. The molecule has 0 bridgehead atoms. The van der Waals surface area contributed by atoms with Crippen molar-refractivity contribution in [1.29, 1.82) is 0 Å². The molecule has 1 radical (unpaired) electrons. The van der Waals surface area contributed by atoms with Crippen molar-refractivity contribution < 1.29 is 15.3 Å². The van der Waals surface area contributed by atoms with Crippen molar-refractivity contribution in [2.45, 2.75) is 0 Å². The summed E-state index contributed by atoms with van der Waals surface area (Å²) in [6, 6.07) is 11.9. The summed E-state index contributed by atoms with van der Waals surface area (Å²) in [6.45, 7) is 0. The molecule has 0 saturated heterocycles. The number of rotatable bonds is 3. The average molecular weight is 349 g/mol. The van der Waals surface area contributed by atoms with Gasteiger partial charge in [0, 0.05) is 0 Å². The van der Waals surface area contributed by atoms with Gasteiger partial charge in [-0.25, -0.2) is 0 Å². The molecule has 0 spiro atoms. The molecule has 0 aromatic heterocycles. The summed E-state index contributed by atoms with van der Waals surface area (Å²) in [5.74, 6) is -1.40. The second-order valence-corrected chi connectivity index (χ2v) is 4.84. The van der Waals surface area contributed by atoms with Crippen LogP contribution in [-0.2, 0) is 0 Å². The molecule has 0 saturated carbocycles. The SMILES string of the molecule is Oc1cc(/C=N/NC([Se])=Nc2ccccc2)cc(O)c1O. The predicted molar refractivity (Wildman–Crippen MR) is 81.5 cm³/mol. The van der Waals surface area contributed by atoms with E-state index in [2.05, 4.69) is 31.5 Å². The van der Waals surface area contributed by atoms with Crippen molar-refractivity contribution in [3.63, 3.8) is 0 Å². The van der Waals surface area contributed by atoms with Crippen molar-refractivity contribution in [3.8, 4) is 17.2 Å². The summed E-state index contributed by atoms with van der Waals surface area (Å²) in [5, 5.41) is 31.9. The molecule has 0 fully saturated rings. The summed E-state index contributed by atoms with van der Waals surface area (Å²) in [4.78, 5) is 4.24. The fraction of sp³-hybridized carbons (Fsp3) is 0. The van der Waals surface area contributed by atoms with E-state index in [1.54, 1.807) is 0 Å². The minimum absolute atomic E-state index is 0.419. The molecule has 107 valence electrons. The first-order chi connectivity index (χ1) is 10.1. The molecule has 2 rings (SSSR count). The third-order valence-electron chi connectivity index (χ3n) is 2.45. The van der Waals surface area contributed by atoms with Crippen LogP contribution in [0.1, 0.15) is 5.56 Å². The molecule has 0 aliphatic rings. The van der Waals surface area contributed by atoms with E-state index in [1.807, 2.05) is 30.3 Å². The molecule has 0 aliphatic heterocycles. The van der Waals surface area contributed by atoms with Gasteiger partial charge in [0.15, 0.2) is 0 Å². The first-order valence-corrected chi connectivity index (χ1v) is 6.76. The number of phenolic OH excluding ortho intramolecular Hbond substituents is 3. The van der Waals surface area contributed by atoms with Gasteiger partial charge in [-0.3, -0.25) is 0 Å². The Bertz CT molecular complexity index is 664. The Kier molecular flexibility index (Phi) is 4.81. The van der Waals surface area contributed by atoms with Crippen LogP contribution in [0.3, 0.4) is 0 Å². The first kappa shape index (κ1) is 14.9. The van der Waals surface area contributed by atoms with Gasteiger partial charge in [-0.15, -0.1) is 0 Å². The fourth-order valence-electron chi connectivity index (χ4n) is 1.51. The molecule has 0 unspecified atom stereocenters. The molecule has 0 atom stereocenters. The Labute approximate surface area is 129 Å². The van der Waals surface area contributed by atoms with Crippen LogP contribution in [0.15, 0.2) is 52.6 Å². The Morgan fingerprint density at radius 3 is 2.29 bits per heavy atom. The Balaban J connectivity index is 2.04. The third kappa shape index (κ3) is 4.24. The number of hydrogen-bond acceptors (Lipinski definition) is 5. The van der Waals surface area contributed by atoms with Gasteiger partial charge < -0.3 is 0 Å². The molecule has 0 amide bonds. The van der Waals surface area contributed by atoms with E-state index < -0.39 is 17.2 Å². The molecular weight excluding hydrogens is 337 g/mol. The molecular formula is C14H12N3O3Se. The van der Waals surface area contributed by atoms with Crippen LogP contribution in [0.25, 0.3) is 0 Å². The van der Waals surface area contributed by atoms with E-state index in [0.717, 1.165) is 5.69 Å². The van der Waals surface area contributed by atoms with Gasteiger partial charge in [0.25, 0.3) is 0 Å².